The number of anilines is 1. The smallest absolute Gasteiger partial charge is 0.255 e. The van der Waals surface area contributed by atoms with Crippen LogP contribution in [0.1, 0.15) is 34.6 Å². The van der Waals surface area contributed by atoms with Gasteiger partial charge in [0.05, 0.1) is 58.4 Å². The Balaban J connectivity index is 1.35. The van der Waals surface area contributed by atoms with Crippen molar-refractivity contribution in [3.05, 3.63) is 95.6 Å². The number of hydrogen-bond acceptors (Lipinski definition) is 7. The first-order valence-electron chi connectivity index (χ1n) is 16.9. The van der Waals surface area contributed by atoms with Crippen LogP contribution in [0.3, 0.4) is 0 Å². The van der Waals surface area contributed by atoms with Gasteiger partial charge in [0.25, 0.3) is 11.8 Å². The molecule has 1 N–H and O–H groups in total. The molecule has 7 aromatic rings. The van der Waals surface area contributed by atoms with E-state index in [0.29, 0.717) is 79.1 Å². The summed E-state index contributed by atoms with van der Waals surface area (Å²) in [5.74, 6) is -2.43. The van der Waals surface area contributed by atoms with E-state index < -0.39 is 23.1 Å². The molecule has 1 unspecified atom stereocenters. The molecule has 13 heteroatoms. The van der Waals surface area contributed by atoms with Crippen LogP contribution in [0.5, 0.6) is 0 Å². The minimum Gasteiger partial charge on any atom is -0.593 e. The number of aryl methyl sites for hydroxylation is 1. The second-order valence-corrected chi connectivity index (χ2v) is 14.7. The number of aromatic nitrogens is 3. The van der Waals surface area contributed by atoms with E-state index in [1.54, 1.807) is 55.0 Å². The first-order chi connectivity index (χ1) is 24.9. The second kappa shape index (κ2) is 12.8. The summed E-state index contributed by atoms with van der Waals surface area (Å²) in [5, 5.41) is 3.67. The lowest BCUT2D eigenvalue weighted by Gasteiger charge is -2.31. The third-order valence-electron chi connectivity index (χ3n) is 9.94. The van der Waals surface area contributed by atoms with E-state index in [-0.39, 0.29) is 31.8 Å². The van der Waals surface area contributed by atoms with Gasteiger partial charge in [-0.05, 0) is 43.3 Å². The molecule has 0 aliphatic carbocycles. The van der Waals surface area contributed by atoms with Crippen LogP contribution >= 0.6 is 0 Å². The maximum absolute atomic E-state index is 15.3. The average Bonchev–Trinajstić information content (AvgIpc) is 3.72. The summed E-state index contributed by atoms with van der Waals surface area (Å²) in [5.41, 5.74) is 6.47. The fraction of sp³-hybridized carbons (Fsp3) is 0.256. The minimum atomic E-state index is -2.69. The zero-order valence-electron chi connectivity index (χ0n) is 29.0. The van der Waals surface area contributed by atoms with Gasteiger partial charge in [-0.1, -0.05) is 35.9 Å². The van der Waals surface area contributed by atoms with Gasteiger partial charge in [0.15, 0.2) is 0 Å². The van der Waals surface area contributed by atoms with Crippen molar-refractivity contribution in [2.24, 2.45) is 0 Å². The minimum absolute atomic E-state index is 0.216. The number of rotatable bonds is 7. The number of hydrogen-bond donors (Lipinski definition) is 1. The number of benzene rings is 3. The van der Waals surface area contributed by atoms with Crippen molar-refractivity contribution in [3.63, 3.8) is 0 Å². The summed E-state index contributed by atoms with van der Waals surface area (Å²) in [6.07, 6.45) is 1.10. The van der Waals surface area contributed by atoms with Crippen LogP contribution in [0, 0.1) is 12.7 Å². The van der Waals surface area contributed by atoms with Gasteiger partial charge in [-0.25, -0.2) is 23.1 Å². The average molecular weight is 725 g/mol. The van der Waals surface area contributed by atoms with Crippen molar-refractivity contribution in [3.8, 4) is 22.6 Å². The number of furan rings is 1. The molecule has 4 aromatic heterocycles. The number of halogens is 3. The first kappa shape index (κ1) is 34.0. The van der Waals surface area contributed by atoms with Crippen molar-refractivity contribution >= 4 is 61.4 Å². The molecule has 1 amide bonds. The highest BCUT2D eigenvalue weighted by Gasteiger charge is 2.34. The maximum atomic E-state index is 15.3. The molecule has 8 rings (SSSR count). The number of likely N-dealkylation sites (tertiary alicyclic amines) is 1. The molecule has 0 radical (unpaired) electrons. The zero-order chi connectivity index (χ0) is 36.5. The van der Waals surface area contributed by atoms with E-state index in [9.17, 15) is 18.1 Å². The lowest BCUT2D eigenvalue weighted by Crippen LogP contribution is -2.39. The lowest BCUT2D eigenvalue weighted by atomic mass is 10.00. The highest BCUT2D eigenvalue weighted by atomic mass is 32.2. The Morgan fingerprint density at radius 1 is 1.02 bits per heavy atom. The number of nitrogens with one attached hydrogen (secondary N) is 1. The number of carbonyl (C=O) groups excluding carboxylic acids is 1. The summed E-state index contributed by atoms with van der Waals surface area (Å²) >= 11 is -1.44. The standard InChI is InChI=1S/C39H35F3N6O3S/c1-22-8-10-23(11-9-22)37-35(38(49)43-2)26-18-25(31(20-33(26)51-37)46(3)52(4)50)28-12-13-29-36(45-28)32-19-24-27(40)6-5-7-30(24)48(32)34(44-29)21-47-16-14-39(41,42)15-17-47/h5-13,18-20H,14-17,21H2,1-4H3,(H,43,49). The van der Waals surface area contributed by atoms with Gasteiger partial charge in [-0.15, -0.1) is 0 Å². The molecule has 3 aromatic carbocycles. The Morgan fingerprint density at radius 3 is 2.48 bits per heavy atom. The van der Waals surface area contributed by atoms with Crippen molar-refractivity contribution in [1.82, 2.24) is 24.6 Å². The molecule has 1 aliphatic rings. The summed E-state index contributed by atoms with van der Waals surface area (Å²) in [4.78, 5) is 25.5. The summed E-state index contributed by atoms with van der Waals surface area (Å²) in [6.45, 7) is 2.71. The van der Waals surface area contributed by atoms with E-state index >= 15 is 4.39 Å². The number of alkyl halides is 2. The summed E-state index contributed by atoms with van der Waals surface area (Å²) < 4.78 is 66.0. The monoisotopic (exact) mass is 724 g/mol. The molecule has 52 heavy (non-hydrogen) atoms. The topological polar surface area (TPSA) is 102 Å². The molecule has 266 valence electrons. The molecule has 0 saturated carbocycles. The molecule has 1 aliphatic heterocycles. The third-order valence-corrected chi connectivity index (χ3v) is 10.9. The van der Waals surface area contributed by atoms with Crippen LogP contribution in [-0.4, -0.2) is 69.1 Å². The largest absolute Gasteiger partial charge is 0.593 e. The Morgan fingerprint density at radius 2 is 1.77 bits per heavy atom. The van der Waals surface area contributed by atoms with Gasteiger partial charge in [0.1, 0.15) is 34.8 Å². The Hall–Kier alpha value is -5.11. The van der Waals surface area contributed by atoms with Gasteiger partial charge in [0, 0.05) is 60.9 Å². The van der Waals surface area contributed by atoms with E-state index in [0.717, 1.165) is 11.1 Å². The van der Waals surface area contributed by atoms with Crippen molar-refractivity contribution in [2.45, 2.75) is 32.2 Å². The van der Waals surface area contributed by atoms with E-state index in [1.165, 1.54) is 6.07 Å². The van der Waals surface area contributed by atoms with Gasteiger partial charge in [0.2, 0.25) is 0 Å². The lowest BCUT2D eigenvalue weighted by molar-refractivity contribution is -0.0570. The number of carbonyl (C=O) groups is 1. The first-order valence-corrected chi connectivity index (χ1v) is 18.4. The molecule has 0 bridgehead atoms. The Labute approximate surface area is 300 Å². The molecule has 5 heterocycles. The normalized spacial score (nSPS) is 15.5. The highest BCUT2D eigenvalue weighted by molar-refractivity contribution is 7.92. The van der Waals surface area contributed by atoms with Crippen LogP contribution in [0.25, 0.3) is 61.0 Å². The van der Waals surface area contributed by atoms with E-state index in [4.69, 9.17) is 14.4 Å². The predicted molar refractivity (Wildman–Crippen MR) is 199 cm³/mol. The van der Waals surface area contributed by atoms with Crippen LogP contribution in [-0.2, 0) is 17.9 Å². The van der Waals surface area contributed by atoms with Crippen LogP contribution in [0.4, 0.5) is 18.9 Å². The molecule has 0 spiro atoms. The van der Waals surface area contributed by atoms with E-state index in [2.05, 4.69) is 5.32 Å². The van der Waals surface area contributed by atoms with Gasteiger partial charge < -0.3 is 14.3 Å². The van der Waals surface area contributed by atoms with Gasteiger partial charge in [-0.3, -0.25) is 14.1 Å². The molecular formula is C39H35F3N6O3S. The number of nitrogens with zero attached hydrogens (tertiary/aromatic N) is 5. The van der Waals surface area contributed by atoms with Crippen molar-refractivity contribution in [1.29, 1.82) is 0 Å². The molecule has 9 nitrogen and oxygen atoms in total. The van der Waals surface area contributed by atoms with Gasteiger partial charge >= 0.3 is 0 Å². The summed E-state index contributed by atoms with van der Waals surface area (Å²) in [7, 11) is 3.27. The number of pyridine rings is 1. The van der Waals surface area contributed by atoms with Crippen LogP contribution in [0.15, 0.2) is 77.2 Å². The molecule has 1 saturated heterocycles. The van der Waals surface area contributed by atoms with Gasteiger partial charge in [-0.2, -0.15) is 4.31 Å². The Bertz CT molecular complexity index is 2520. The fourth-order valence-corrected chi connectivity index (χ4v) is 7.48. The third kappa shape index (κ3) is 5.82. The molecule has 1 atom stereocenters. The van der Waals surface area contributed by atoms with Crippen molar-refractivity contribution in [2.75, 3.05) is 37.7 Å². The predicted octanol–water partition coefficient (Wildman–Crippen LogP) is 7.88. The van der Waals surface area contributed by atoms with Crippen LogP contribution in [0.2, 0.25) is 0 Å². The number of fused-ring (bicyclic) bond motifs is 6. The number of piperidine rings is 1. The maximum Gasteiger partial charge on any atom is 0.255 e. The number of amides is 1. The SMILES string of the molecule is CNC(=O)c1c(-c2ccc(C)cc2)oc2cc(N(C)[S+](C)[O-])c(-c3ccc4nc(CN5CCC(F)(F)CC5)n5c6cccc(F)c6cc5c4n3)cc12. The molecule has 1 fully saturated rings. The quantitative estimate of drug-likeness (QED) is 0.167. The summed E-state index contributed by atoms with van der Waals surface area (Å²) in [6, 6.07) is 21.5. The van der Waals surface area contributed by atoms with E-state index in [1.807, 2.05) is 52.6 Å². The fourth-order valence-electron chi connectivity index (χ4n) is 7.06. The van der Waals surface area contributed by atoms with Crippen molar-refractivity contribution < 1.29 is 26.9 Å². The van der Waals surface area contributed by atoms with Crippen LogP contribution < -0.4 is 9.62 Å². The molecular weight excluding hydrogens is 690 g/mol. The highest BCUT2D eigenvalue weighted by Crippen LogP contribution is 2.42. The Kier molecular flexibility index (Phi) is 8.39. The zero-order valence-corrected chi connectivity index (χ0v) is 29.8. The second-order valence-electron chi connectivity index (χ2n) is 13.3.